The second-order valence-electron chi connectivity index (χ2n) is 7.06. The highest BCUT2D eigenvalue weighted by atomic mass is 32.1. The van der Waals surface area contributed by atoms with E-state index in [1.807, 2.05) is 19.4 Å². The number of aryl methyl sites for hydroxylation is 2. The van der Waals surface area contributed by atoms with Crippen LogP contribution in [0.5, 0.6) is 0 Å². The van der Waals surface area contributed by atoms with Crippen LogP contribution in [0.4, 0.5) is 0 Å². The standard InChI is InChI=1S/C18H23N3O2S/c1-21-9-13(8-19-21)16(12-6-14(22)7-12)20-18(23)17-15-5-3-2-4-11(15)10-24-17/h8-10,12,14,16,22H,2-7H2,1H3,(H,20,23). The van der Waals surface area contributed by atoms with E-state index in [0.717, 1.165) is 36.1 Å². The van der Waals surface area contributed by atoms with Gasteiger partial charge in [0, 0.05) is 18.8 Å². The van der Waals surface area contributed by atoms with Crippen molar-refractivity contribution in [3.8, 4) is 0 Å². The van der Waals surface area contributed by atoms with Gasteiger partial charge in [0.15, 0.2) is 0 Å². The number of carbonyl (C=O) groups is 1. The molecule has 1 fully saturated rings. The van der Waals surface area contributed by atoms with E-state index in [0.29, 0.717) is 0 Å². The molecule has 0 bridgehead atoms. The Kier molecular flexibility index (Phi) is 4.18. The van der Waals surface area contributed by atoms with E-state index in [1.165, 1.54) is 24.0 Å². The average Bonchev–Trinajstić information content (AvgIpc) is 3.16. The van der Waals surface area contributed by atoms with Crippen molar-refractivity contribution in [2.24, 2.45) is 13.0 Å². The van der Waals surface area contributed by atoms with Gasteiger partial charge in [-0.25, -0.2) is 0 Å². The van der Waals surface area contributed by atoms with Crippen molar-refractivity contribution in [1.29, 1.82) is 0 Å². The molecule has 0 spiro atoms. The SMILES string of the molecule is Cn1cc(C(NC(=O)c2scc3c2CCCC3)C2CC(O)C2)cn1. The predicted molar refractivity (Wildman–Crippen MR) is 93.1 cm³/mol. The molecule has 5 nitrogen and oxygen atoms in total. The lowest BCUT2D eigenvalue weighted by Crippen LogP contribution is -2.41. The van der Waals surface area contributed by atoms with E-state index < -0.39 is 0 Å². The number of nitrogens with zero attached hydrogens (tertiary/aromatic N) is 2. The smallest absolute Gasteiger partial charge is 0.262 e. The van der Waals surface area contributed by atoms with Crippen LogP contribution in [0.3, 0.4) is 0 Å². The summed E-state index contributed by atoms with van der Waals surface area (Å²) in [5, 5.41) is 19.3. The van der Waals surface area contributed by atoms with Crippen molar-refractivity contribution in [3.63, 3.8) is 0 Å². The molecule has 2 aliphatic rings. The molecule has 2 aliphatic carbocycles. The van der Waals surface area contributed by atoms with Gasteiger partial charge in [-0.1, -0.05) is 0 Å². The van der Waals surface area contributed by atoms with Crippen molar-refractivity contribution in [2.45, 2.75) is 50.7 Å². The van der Waals surface area contributed by atoms with Crippen LogP contribution >= 0.6 is 11.3 Å². The molecule has 0 aliphatic heterocycles. The van der Waals surface area contributed by atoms with Crippen molar-refractivity contribution in [2.75, 3.05) is 0 Å². The Morgan fingerprint density at radius 1 is 1.42 bits per heavy atom. The molecule has 4 rings (SSSR count). The molecule has 2 N–H and O–H groups in total. The van der Waals surface area contributed by atoms with Crippen LogP contribution in [0.2, 0.25) is 0 Å². The summed E-state index contributed by atoms with van der Waals surface area (Å²) >= 11 is 1.57. The number of aromatic nitrogens is 2. The second kappa shape index (κ2) is 6.33. The minimum absolute atomic E-state index is 0.0263. The number of rotatable bonds is 4. The largest absolute Gasteiger partial charge is 0.393 e. The highest BCUT2D eigenvalue weighted by Crippen LogP contribution is 2.38. The molecule has 1 atom stereocenters. The number of fused-ring (bicyclic) bond motifs is 1. The molecule has 1 unspecified atom stereocenters. The summed E-state index contributed by atoms with van der Waals surface area (Å²) in [6, 6.07) is -0.0732. The molecule has 0 saturated heterocycles. The van der Waals surface area contributed by atoms with E-state index in [2.05, 4.69) is 15.8 Å². The van der Waals surface area contributed by atoms with E-state index in [-0.39, 0.29) is 24.0 Å². The maximum absolute atomic E-state index is 12.9. The number of amides is 1. The Bertz CT molecular complexity index is 745. The first-order valence-corrected chi connectivity index (χ1v) is 9.56. The molecule has 24 heavy (non-hydrogen) atoms. The van der Waals surface area contributed by atoms with Gasteiger partial charge in [0.2, 0.25) is 0 Å². The summed E-state index contributed by atoms with van der Waals surface area (Å²) in [4.78, 5) is 13.8. The maximum atomic E-state index is 12.9. The lowest BCUT2D eigenvalue weighted by Gasteiger charge is -2.37. The van der Waals surface area contributed by atoms with E-state index in [4.69, 9.17) is 0 Å². The van der Waals surface area contributed by atoms with Crippen molar-refractivity contribution in [3.05, 3.63) is 39.3 Å². The molecule has 2 aromatic heterocycles. The number of aliphatic hydroxyl groups excluding tert-OH is 1. The zero-order valence-electron chi connectivity index (χ0n) is 13.9. The third-order valence-electron chi connectivity index (χ3n) is 5.30. The number of carbonyl (C=O) groups excluding carboxylic acids is 1. The Hall–Kier alpha value is -1.66. The van der Waals surface area contributed by atoms with Crippen molar-refractivity contribution >= 4 is 17.2 Å². The number of aliphatic hydroxyl groups is 1. The van der Waals surface area contributed by atoms with Gasteiger partial charge in [-0.3, -0.25) is 9.48 Å². The molecule has 0 aromatic carbocycles. The minimum Gasteiger partial charge on any atom is -0.393 e. The Morgan fingerprint density at radius 2 is 2.21 bits per heavy atom. The lowest BCUT2D eigenvalue weighted by atomic mass is 9.75. The van der Waals surface area contributed by atoms with Crippen molar-refractivity contribution in [1.82, 2.24) is 15.1 Å². The molecule has 2 heterocycles. The molecule has 0 radical (unpaired) electrons. The third-order valence-corrected chi connectivity index (χ3v) is 6.37. The van der Waals surface area contributed by atoms with Gasteiger partial charge >= 0.3 is 0 Å². The Morgan fingerprint density at radius 3 is 2.92 bits per heavy atom. The number of thiophene rings is 1. The normalized spacial score (nSPS) is 24.1. The van der Waals surface area contributed by atoms with Crippen LogP contribution in [0.15, 0.2) is 17.8 Å². The summed E-state index contributed by atoms with van der Waals surface area (Å²) in [5.74, 6) is 0.308. The van der Waals surface area contributed by atoms with Gasteiger partial charge in [0.1, 0.15) is 0 Å². The summed E-state index contributed by atoms with van der Waals surface area (Å²) in [6.07, 6.45) is 9.53. The first-order valence-electron chi connectivity index (χ1n) is 8.68. The molecular formula is C18H23N3O2S. The van der Waals surface area contributed by atoms with Crippen LogP contribution in [0, 0.1) is 5.92 Å². The Balaban J connectivity index is 1.56. The van der Waals surface area contributed by atoms with Gasteiger partial charge < -0.3 is 10.4 Å². The van der Waals surface area contributed by atoms with E-state index in [1.54, 1.807) is 16.0 Å². The fourth-order valence-electron chi connectivity index (χ4n) is 3.89. The quantitative estimate of drug-likeness (QED) is 0.895. The van der Waals surface area contributed by atoms with Crippen LogP contribution in [0.25, 0.3) is 0 Å². The van der Waals surface area contributed by atoms with Gasteiger partial charge in [-0.2, -0.15) is 5.10 Å². The summed E-state index contributed by atoms with van der Waals surface area (Å²) < 4.78 is 1.76. The highest BCUT2D eigenvalue weighted by molar-refractivity contribution is 7.12. The predicted octanol–water partition coefficient (Wildman–Crippen LogP) is 2.60. The van der Waals surface area contributed by atoms with Gasteiger partial charge in [0.05, 0.1) is 23.2 Å². The first kappa shape index (κ1) is 15.8. The molecule has 128 valence electrons. The molecular weight excluding hydrogens is 322 g/mol. The highest BCUT2D eigenvalue weighted by Gasteiger charge is 2.37. The van der Waals surface area contributed by atoms with Gasteiger partial charge in [-0.05, 0) is 60.9 Å². The van der Waals surface area contributed by atoms with E-state index >= 15 is 0 Å². The minimum atomic E-state index is -0.236. The van der Waals surface area contributed by atoms with Crippen molar-refractivity contribution < 1.29 is 9.90 Å². The summed E-state index contributed by atoms with van der Waals surface area (Å²) in [6.45, 7) is 0. The zero-order chi connectivity index (χ0) is 16.7. The third kappa shape index (κ3) is 2.89. The van der Waals surface area contributed by atoms with Gasteiger partial charge in [0.25, 0.3) is 5.91 Å². The number of nitrogens with one attached hydrogen (secondary N) is 1. The number of hydrogen-bond donors (Lipinski definition) is 2. The topological polar surface area (TPSA) is 67.2 Å². The molecule has 2 aromatic rings. The summed E-state index contributed by atoms with van der Waals surface area (Å²) in [5.41, 5.74) is 3.63. The summed E-state index contributed by atoms with van der Waals surface area (Å²) in [7, 11) is 1.88. The molecule has 1 amide bonds. The molecule has 6 heteroatoms. The van der Waals surface area contributed by atoms with Crippen LogP contribution < -0.4 is 5.32 Å². The fourth-order valence-corrected chi connectivity index (χ4v) is 4.95. The fraction of sp³-hybridized carbons (Fsp3) is 0.556. The molecule has 1 saturated carbocycles. The number of hydrogen-bond acceptors (Lipinski definition) is 4. The van der Waals surface area contributed by atoms with Gasteiger partial charge in [-0.15, -0.1) is 11.3 Å². The second-order valence-corrected chi connectivity index (χ2v) is 7.94. The first-order chi connectivity index (χ1) is 11.6. The lowest BCUT2D eigenvalue weighted by molar-refractivity contribution is 0.0235. The van der Waals surface area contributed by atoms with Crippen LogP contribution in [0.1, 0.15) is 58.1 Å². The zero-order valence-corrected chi connectivity index (χ0v) is 14.7. The Labute approximate surface area is 145 Å². The monoisotopic (exact) mass is 345 g/mol. The van der Waals surface area contributed by atoms with E-state index in [9.17, 15) is 9.90 Å². The van der Waals surface area contributed by atoms with Crippen LogP contribution in [-0.4, -0.2) is 26.9 Å². The van der Waals surface area contributed by atoms with Crippen LogP contribution in [-0.2, 0) is 19.9 Å². The average molecular weight is 345 g/mol. The maximum Gasteiger partial charge on any atom is 0.262 e.